The van der Waals surface area contributed by atoms with Crippen molar-refractivity contribution in [3.63, 3.8) is 0 Å². The first-order chi connectivity index (χ1) is 9.97. The Morgan fingerprint density at radius 3 is 2.52 bits per heavy atom. The topological polar surface area (TPSA) is 79.2 Å². The molecule has 5 nitrogen and oxygen atoms in total. The minimum atomic E-state index is -0.873. The lowest BCUT2D eigenvalue weighted by Crippen LogP contribution is -2.46. The maximum absolute atomic E-state index is 12.8. The maximum Gasteiger partial charge on any atom is 0.328 e. The van der Waals surface area contributed by atoms with Crippen LogP contribution in [0, 0.1) is 23.1 Å². The van der Waals surface area contributed by atoms with Crippen molar-refractivity contribution in [2.45, 2.75) is 25.8 Å². The molecule has 0 fully saturated rings. The van der Waals surface area contributed by atoms with Gasteiger partial charge in [0.2, 0.25) is 5.91 Å². The van der Waals surface area contributed by atoms with Gasteiger partial charge in [0.05, 0.1) is 19.6 Å². The number of benzene rings is 1. The second-order valence-corrected chi connectivity index (χ2v) is 4.71. The van der Waals surface area contributed by atoms with Crippen LogP contribution in [0.2, 0.25) is 0 Å². The molecular weight excluding hydrogens is 275 g/mol. The Kier molecular flexibility index (Phi) is 6.34. The molecule has 6 heteroatoms. The van der Waals surface area contributed by atoms with Gasteiger partial charge in [-0.1, -0.05) is 19.1 Å². The molecule has 1 aromatic carbocycles. The summed E-state index contributed by atoms with van der Waals surface area (Å²) >= 11 is 0. The lowest BCUT2D eigenvalue weighted by atomic mass is 9.98. The predicted octanol–water partition coefficient (Wildman–Crippen LogP) is 1.58. The molecule has 2 atom stereocenters. The molecule has 1 amide bonds. The van der Waals surface area contributed by atoms with E-state index in [-0.39, 0.29) is 30.5 Å². The SMILES string of the molecule is COC(=O)[C@@H](NC(=O)Cc1ccc(F)cc1)[C@@H](C)CC#N. The first kappa shape index (κ1) is 16.6. The van der Waals surface area contributed by atoms with Crippen LogP contribution in [0.1, 0.15) is 18.9 Å². The molecule has 1 rings (SSSR count). The Morgan fingerprint density at radius 1 is 1.38 bits per heavy atom. The van der Waals surface area contributed by atoms with Crippen LogP contribution in [0.25, 0.3) is 0 Å². The van der Waals surface area contributed by atoms with Crippen molar-refractivity contribution in [2.24, 2.45) is 5.92 Å². The number of rotatable bonds is 6. The molecule has 21 heavy (non-hydrogen) atoms. The van der Waals surface area contributed by atoms with Crippen molar-refractivity contribution in [1.82, 2.24) is 5.32 Å². The second-order valence-electron chi connectivity index (χ2n) is 4.71. The molecule has 0 spiro atoms. The highest BCUT2D eigenvalue weighted by Gasteiger charge is 2.27. The summed E-state index contributed by atoms with van der Waals surface area (Å²) in [5.41, 5.74) is 0.630. The zero-order valence-electron chi connectivity index (χ0n) is 11.9. The molecule has 0 unspecified atom stereocenters. The first-order valence-electron chi connectivity index (χ1n) is 6.46. The highest BCUT2D eigenvalue weighted by atomic mass is 19.1. The number of hydrogen-bond acceptors (Lipinski definition) is 4. The molecule has 0 aromatic heterocycles. The molecule has 0 aliphatic rings. The molecule has 0 aliphatic heterocycles. The second kappa shape index (κ2) is 8.00. The van der Waals surface area contributed by atoms with E-state index in [1.54, 1.807) is 6.92 Å². The summed E-state index contributed by atoms with van der Waals surface area (Å²) in [6.07, 6.45) is 0.143. The summed E-state index contributed by atoms with van der Waals surface area (Å²) in [7, 11) is 1.22. The van der Waals surface area contributed by atoms with Gasteiger partial charge in [0.15, 0.2) is 0 Å². The van der Waals surface area contributed by atoms with Gasteiger partial charge in [-0.2, -0.15) is 5.26 Å². The van der Waals surface area contributed by atoms with Gasteiger partial charge in [0.25, 0.3) is 0 Å². The predicted molar refractivity (Wildman–Crippen MR) is 73.4 cm³/mol. The number of methoxy groups -OCH3 is 1. The fraction of sp³-hybridized carbons (Fsp3) is 0.400. The molecule has 1 N–H and O–H groups in total. The third kappa shape index (κ3) is 5.22. The van der Waals surface area contributed by atoms with E-state index >= 15 is 0 Å². The van der Waals surface area contributed by atoms with E-state index in [2.05, 4.69) is 10.1 Å². The van der Waals surface area contributed by atoms with Gasteiger partial charge >= 0.3 is 5.97 Å². The van der Waals surface area contributed by atoms with Crippen molar-refractivity contribution >= 4 is 11.9 Å². The van der Waals surface area contributed by atoms with Crippen molar-refractivity contribution in [1.29, 1.82) is 5.26 Å². The number of halogens is 1. The van der Waals surface area contributed by atoms with Crippen LogP contribution in [0.15, 0.2) is 24.3 Å². The molecule has 0 heterocycles. The van der Waals surface area contributed by atoms with E-state index in [9.17, 15) is 14.0 Å². The standard InChI is InChI=1S/C15H17FN2O3/c1-10(7-8-17)14(15(20)21-2)18-13(19)9-11-3-5-12(16)6-4-11/h3-6,10,14H,7,9H2,1-2H3,(H,18,19)/t10-,14-/m0/s1. The average molecular weight is 292 g/mol. The fourth-order valence-corrected chi connectivity index (χ4v) is 1.83. The van der Waals surface area contributed by atoms with Crippen LogP contribution in [0.3, 0.4) is 0 Å². The number of amides is 1. The van der Waals surface area contributed by atoms with Gasteiger partial charge < -0.3 is 10.1 Å². The number of nitriles is 1. The van der Waals surface area contributed by atoms with E-state index in [0.717, 1.165) is 0 Å². The van der Waals surface area contributed by atoms with Gasteiger partial charge in [0, 0.05) is 12.3 Å². The highest BCUT2D eigenvalue weighted by molar-refractivity contribution is 5.85. The Balaban J connectivity index is 2.69. The number of carbonyl (C=O) groups is 2. The smallest absolute Gasteiger partial charge is 0.328 e. The number of ether oxygens (including phenoxy) is 1. The number of nitrogens with one attached hydrogen (secondary N) is 1. The summed E-state index contributed by atoms with van der Waals surface area (Å²) in [6.45, 7) is 1.68. The van der Waals surface area contributed by atoms with Gasteiger partial charge in [-0.3, -0.25) is 4.79 Å². The zero-order valence-corrected chi connectivity index (χ0v) is 11.9. The van der Waals surface area contributed by atoms with Crippen molar-refractivity contribution in [3.05, 3.63) is 35.6 Å². The molecule has 0 bridgehead atoms. The molecule has 0 saturated carbocycles. The van der Waals surface area contributed by atoms with Crippen molar-refractivity contribution < 1.29 is 18.7 Å². The summed E-state index contributed by atoms with van der Waals surface area (Å²) < 4.78 is 17.4. The monoisotopic (exact) mass is 292 g/mol. The van der Waals surface area contributed by atoms with Gasteiger partial charge in [-0.25, -0.2) is 9.18 Å². The molecule has 0 aliphatic carbocycles. The lowest BCUT2D eigenvalue weighted by Gasteiger charge is -2.21. The third-order valence-electron chi connectivity index (χ3n) is 3.03. The molecular formula is C15H17FN2O3. The van der Waals surface area contributed by atoms with Crippen molar-refractivity contribution in [2.75, 3.05) is 7.11 Å². The van der Waals surface area contributed by atoms with Gasteiger partial charge in [-0.15, -0.1) is 0 Å². The Bertz CT molecular complexity index is 537. The summed E-state index contributed by atoms with van der Waals surface area (Å²) in [4.78, 5) is 23.6. The largest absolute Gasteiger partial charge is 0.467 e. The normalized spacial score (nSPS) is 12.9. The number of carbonyl (C=O) groups excluding carboxylic acids is 2. The Morgan fingerprint density at radius 2 is 2.00 bits per heavy atom. The summed E-state index contributed by atoms with van der Waals surface area (Å²) in [5, 5.41) is 11.2. The van der Waals surface area contributed by atoms with Gasteiger partial charge in [-0.05, 0) is 17.7 Å². The van der Waals surface area contributed by atoms with Crippen LogP contribution in [-0.2, 0) is 20.7 Å². The molecule has 0 saturated heterocycles. The third-order valence-corrected chi connectivity index (χ3v) is 3.03. The van der Waals surface area contributed by atoms with Crippen LogP contribution in [-0.4, -0.2) is 25.0 Å². The minimum Gasteiger partial charge on any atom is -0.467 e. The van der Waals surface area contributed by atoms with Gasteiger partial charge in [0.1, 0.15) is 11.9 Å². The quantitative estimate of drug-likeness (QED) is 0.807. The number of hydrogen-bond donors (Lipinski definition) is 1. The van der Waals surface area contributed by atoms with Crippen molar-refractivity contribution in [3.8, 4) is 6.07 Å². The Hall–Kier alpha value is -2.42. The maximum atomic E-state index is 12.8. The fourth-order valence-electron chi connectivity index (χ4n) is 1.83. The summed E-state index contributed by atoms with van der Waals surface area (Å²) in [5.74, 6) is -1.72. The van der Waals surface area contributed by atoms with E-state index < -0.39 is 12.0 Å². The lowest BCUT2D eigenvalue weighted by molar-refractivity contribution is -0.146. The highest BCUT2D eigenvalue weighted by Crippen LogP contribution is 2.10. The van der Waals surface area contributed by atoms with Crippen LogP contribution < -0.4 is 5.32 Å². The molecule has 1 aromatic rings. The summed E-state index contributed by atoms with van der Waals surface area (Å²) in [6, 6.07) is 6.61. The molecule has 112 valence electrons. The Labute approximate surface area is 122 Å². The molecule has 0 radical (unpaired) electrons. The number of esters is 1. The van der Waals surface area contributed by atoms with E-state index in [1.807, 2.05) is 6.07 Å². The van der Waals surface area contributed by atoms with E-state index in [1.165, 1.54) is 31.4 Å². The van der Waals surface area contributed by atoms with E-state index in [4.69, 9.17) is 5.26 Å². The zero-order chi connectivity index (χ0) is 15.8. The minimum absolute atomic E-state index is 0.0209. The van der Waals surface area contributed by atoms with E-state index in [0.29, 0.717) is 5.56 Å². The average Bonchev–Trinajstić information content (AvgIpc) is 2.46. The van der Waals surface area contributed by atoms with Crippen LogP contribution >= 0.6 is 0 Å². The first-order valence-corrected chi connectivity index (χ1v) is 6.46. The van der Waals surface area contributed by atoms with Crippen LogP contribution in [0.4, 0.5) is 4.39 Å². The van der Waals surface area contributed by atoms with Crippen LogP contribution in [0.5, 0.6) is 0 Å². The number of nitrogens with zero attached hydrogens (tertiary/aromatic N) is 1.